The predicted molar refractivity (Wildman–Crippen MR) is 153 cm³/mol. The molecule has 38 heavy (non-hydrogen) atoms. The van der Waals surface area contributed by atoms with Crippen molar-refractivity contribution >= 4 is 24.8 Å². The molecule has 0 bridgehead atoms. The molecule has 0 aromatic heterocycles. The molecule has 1 aliphatic heterocycles. The van der Waals surface area contributed by atoms with Crippen molar-refractivity contribution in [3.63, 3.8) is 0 Å². The number of aliphatic hydroxyl groups is 1. The minimum absolute atomic E-state index is 0. The average Bonchev–Trinajstić information content (AvgIpc) is 2.92. The highest BCUT2D eigenvalue weighted by atomic mass is 35.5. The zero-order valence-corrected chi connectivity index (χ0v) is 23.4. The SMILES string of the molecule is CCC(O)(CCN1CCN(CCOC(c2ccc(F)cc2)c2ccc(F)cc2)CC1)c1ccccc1.Cl.Cl. The predicted octanol–water partition coefficient (Wildman–Crippen LogP) is 6.22. The number of halogens is 4. The van der Waals surface area contributed by atoms with Crippen LogP contribution in [0.25, 0.3) is 0 Å². The molecular weight excluding hydrogens is 529 g/mol. The van der Waals surface area contributed by atoms with Crippen LogP contribution in [0.1, 0.15) is 42.6 Å². The van der Waals surface area contributed by atoms with E-state index in [1.165, 1.54) is 24.3 Å². The summed E-state index contributed by atoms with van der Waals surface area (Å²) in [5, 5.41) is 11.2. The summed E-state index contributed by atoms with van der Waals surface area (Å²) in [7, 11) is 0. The summed E-state index contributed by atoms with van der Waals surface area (Å²) in [6, 6.07) is 22.5. The van der Waals surface area contributed by atoms with Gasteiger partial charge in [-0.25, -0.2) is 8.78 Å². The lowest BCUT2D eigenvalue weighted by Gasteiger charge is -2.37. The molecule has 0 amide bonds. The first kappa shape index (κ1) is 32.2. The third-order valence-electron chi connectivity index (χ3n) is 7.24. The standard InChI is InChI=1S/C30H36F2N2O2.2ClH/c1-2-30(35,26-6-4-3-5-7-26)16-17-33-18-20-34(21-19-33)22-23-36-29(24-8-12-27(31)13-9-24)25-10-14-28(32)15-11-25;;/h3-15,29,35H,2,16-23H2,1H3;2*1H. The maximum atomic E-state index is 13.4. The van der Waals surface area contributed by atoms with E-state index in [2.05, 4.69) is 9.80 Å². The fourth-order valence-electron chi connectivity index (χ4n) is 4.81. The summed E-state index contributed by atoms with van der Waals surface area (Å²) < 4.78 is 33.1. The number of hydrogen-bond acceptors (Lipinski definition) is 4. The summed E-state index contributed by atoms with van der Waals surface area (Å²) in [6.45, 7) is 7.99. The Morgan fingerprint density at radius 3 is 1.71 bits per heavy atom. The van der Waals surface area contributed by atoms with E-state index < -0.39 is 5.60 Å². The van der Waals surface area contributed by atoms with E-state index in [1.807, 2.05) is 37.3 Å². The molecule has 1 N–H and O–H groups in total. The van der Waals surface area contributed by atoms with E-state index in [4.69, 9.17) is 4.74 Å². The Labute approximate surface area is 237 Å². The third kappa shape index (κ3) is 8.73. The summed E-state index contributed by atoms with van der Waals surface area (Å²) in [4.78, 5) is 4.80. The van der Waals surface area contributed by atoms with E-state index in [0.29, 0.717) is 19.4 Å². The molecule has 0 radical (unpaired) electrons. The maximum absolute atomic E-state index is 13.4. The van der Waals surface area contributed by atoms with Crippen LogP contribution in [-0.4, -0.2) is 60.8 Å². The molecule has 1 saturated heterocycles. The Kier molecular flexibility index (Phi) is 13.1. The van der Waals surface area contributed by atoms with E-state index in [0.717, 1.165) is 56.0 Å². The fraction of sp³-hybridized carbons (Fsp3) is 0.400. The van der Waals surface area contributed by atoms with E-state index in [1.54, 1.807) is 24.3 Å². The van der Waals surface area contributed by atoms with Gasteiger partial charge in [0.25, 0.3) is 0 Å². The molecule has 8 heteroatoms. The van der Waals surface area contributed by atoms with Gasteiger partial charge in [-0.05, 0) is 53.8 Å². The topological polar surface area (TPSA) is 35.9 Å². The first-order valence-corrected chi connectivity index (χ1v) is 12.8. The Hall–Kier alpha value is -2.06. The Morgan fingerprint density at radius 1 is 0.763 bits per heavy atom. The Bertz CT molecular complexity index is 1020. The van der Waals surface area contributed by atoms with Crippen molar-refractivity contribution in [3.8, 4) is 0 Å². The summed E-state index contributed by atoms with van der Waals surface area (Å²) in [6.07, 6.45) is 1.03. The van der Waals surface area contributed by atoms with Gasteiger partial charge in [-0.3, -0.25) is 4.90 Å². The minimum atomic E-state index is -0.790. The maximum Gasteiger partial charge on any atom is 0.123 e. The largest absolute Gasteiger partial charge is 0.385 e. The molecule has 4 rings (SSSR count). The van der Waals surface area contributed by atoms with Crippen LogP contribution >= 0.6 is 24.8 Å². The van der Waals surface area contributed by atoms with Crippen molar-refractivity contribution in [3.05, 3.63) is 107 Å². The minimum Gasteiger partial charge on any atom is -0.385 e. The molecule has 1 fully saturated rings. The van der Waals surface area contributed by atoms with Gasteiger partial charge in [-0.2, -0.15) is 0 Å². The van der Waals surface area contributed by atoms with Gasteiger partial charge in [0.15, 0.2) is 0 Å². The first-order chi connectivity index (χ1) is 17.5. The second-order valence-electron chi connectivity index (χ2n) is 9.54. The number of rotatable bonds is 11. The van der Waals surface area contributed by atoms with Crippen LogP contribution in [0.2, 0.25) is 0 Å². The fourth-order valence-corrected chi connectivity index (χ4v) is 4.81. The van der Waals surface area contributed by atoms with Crippen LogP contribution in [0.3, 0.4) is 0 Å². The van der Waals surface area contributed by atoms with Crippen molar-refractivity contribution < 1.29 is 18.6 Å². The summed E-state index contributed by atoms with van der Waals surface area (Å²) in [5.41, 5.74) is 1.88. The van der Waals surface area contributed by atoms with E-state index >= 15 is 0 Å². The molecule has 1 unspecified atom stereocenters. The molecule has 208 valence electrons. The second-order valence-corrected chi connectivity index (χ2v) is 9.54. The number of benzene rings is 3. The lowest BCUT2D eigenvalue weighted by Crippen LogP contribution is -2.48. The molecule has 0 spiro atoms. The van der Waals surface area contributed by atoms with Gasteiger partial charge in [-0.15, -0.1) is 24.8 Å². The van der Waals surface area contributed by atoms with Crippen molar-refractivity contribution in [2.75, 3.05) is 45.9 Å². The van der Waals surface area contributed by atoms with Crippen LogP contribution in [0.15, 0.2) is 78.9 Å². The third-order valence-corrected chi connectivity index (χ3v) is 7.24. The van der Waals surface area contributed by atoms with Crippen molar-refractivity contribution in [1.82, 2.24) is 9.80 Å². The van der Waals surface area contributed by atoms with Crippen LogP contribution in [-0.2, 0) is 10.3 Å². The van der Waals surface area contributed by atoms with Crippen LogP contribution < -0.4 is 0 Å². The van der Waals surface area contributed by atoms with Crippen molar-refractivity contribution in [2.24, 2.45) is 0 Å². The molecule has 4 nitrogen and oxygen atoms in total. The Morgan fingerprint density at radius 2 is 1.24 bits per heavy atom. The molecule has 0 saturated carbocycles. The second kappa shape index (κ2) is 15.5. The molecule has 3 aromatic rings. The van der Waals surface area contributed by atoms with Crippen molar-refractivity contribution in [1.29, 1.82) is 0 Å². The van der Waals surface area contributed by atoms with Gasteiger partial charge in [0.1, 0.15) is 17.7 Å². The van der Waals surface area contributed by atoms with Crippen LogP contribution in [0.4, 0.5) is 8.78 Å². The van der Waals surface area contributed by atoms with Gasteiger partial charge in [0.2, 0.25) is 0 Å². The summed E-state index contributed by atoms with van der Waals surface area (Å²) >= 11 is 0. The quantitative estimate of drug-likeness (QED) is 0.299. The molecule has 1 heterocycles. The highest BCUT2D eigenvalue weighted by Crippen LogP contribution is 2.29. The van der Waals surface area contributed by atoms with Gasteiger partial charge in [0, 0.05) is 39.3 Å². The van der Waals surface area contributed by atoms with Gasteiger partial charge >= 0.3 is 0 Å². The smallest absolute Gasteiger partial charge is 0.123 e. The molecule has 1 atom stereocenters. The number of ether oxygens (including phenoxy) is 1. The molecule has 1 aliphatic rings. The zero-order valence-electron chi connectivity index (χ0n) is 21.8. The van der Waals surface area contributed by atoms with Gasteiger partial charge in [-0.1, -0.05) is 61.5 Å². The molecule has 0 aliphatic carbocycles. The lowest BCUT2D eigenvalue weighted by molar-refractivity contribution is 0.00490. The van der Waals surface area contributed by atoms with E-state index in [-0.39, 0.29) is 42.6 Å². The van der Waals surface area contributed by atoms with Crippen molar-refractivity contribution in [2.45, 2.75) is 31.5 Å². The first-order valence-electron chi connectivity index (χ1n) is 12.8. The zero-order chi connectivity index (χ0) is 25.4. The lowest BCUT2D eigenvalue weighted by atomic mass is 9.88. The molecule has 3 aromatic carbocycles. The molecular formula is C30H38Cl2F2N2O2. The van der Waals surface area contributed by atoms with Crippen LogP contribution in [0, 0.1) is 11.6 Å². The highest BCUT2D eigenvalue weighted by Gasteiger charge is 2.28. The van der Waals surface area contributed by atoms with E-state index in [9.17, 15) is 13.9 Å². The number of nitrogens with zero attached hydrogens (tertiary/aromatic N) is 2. The number of piperazine rings is 1. The van der Waals surface area contributed by atoms with Gasteiger partial charge < -0.3 is 14.7 Å². The number of hydrogen-bond donors (Lipinski definition) is 1. The normalized spacial score (nSPS) is 15.9. The van der Waals surface area contributed by atoms with Gasteiger partial charge in [0.05, 0.1) is 12.2 Å². The summed E-state index contributed by atoms with van der Waals surface area (Å²) in [5.74, 6) is -0.591. The highest BCUT2D eigenvalue weighted by molar-refractivity contribution is 5.85. The van der Waals surface area contributed by atoms with Crippen LogP contribution in [0.5, 0.6) is 0 Å². The average molecular weight is 568 g/mol. The monoisotopic (exact) mass is 566 g/mol. The Balaban J connectivity index is 0.00000253.